The minimum absolute atomic E-state index is 0.170. The second-order valence-corrected chi connectivity index (χ2v) is 3.62. The van der Waals surface area contributed by atoms with E-state index >= 15 is 0 Å². The highest BCUT2D eigenvalue weighted by Crippen LogP contribution is 2.19. The Kier molecular flexibility index (Phi) is 4.40. The minimum atomic E-state index is -0.561. The molecule has 0 fully saturated rings. The topological polar surface area (TPSA) is 91.8 Å². The fraction of sp³-hybridized carbons (Fsp3) is 0.455. The smallest absolute Gasteiger partial charge is 0.289 e. The number of hydrogen-bond acceptors (Lipinski definition) is 5. The molecule has 17 heavy (non-hydrogen) atoms. The van der Waals surface area contributed by atoms with Gasteiger partial charge >= 0.3 is 0 Å². The van der Waals surface area contributed by atoms with Gasteiger partial charge < -0.3 is 5.32 Å². The molecule has 0 aliphatic rings. The Labute approximate surface area is 99.4 Å². The number of aromatic nitrogens is 1. The third-order valence-electron chi connectivity index (χ3n) is 2.53. The zero-order valence-corrected chi connectivity index (χ0v) is 9.80. The highest BCUT2D eigenvalue weighted by atomic mass is 16.6. The van der Waals surface area contributed by atoms with Crippen molar-refractivity contribution in [2.45, 2.75) is 32.7 Å². The van der Waals surface area contributed by atoms with Crippen LogP contribution >= 0.6 is 0 Å². The van der Waals surface area contributed by atoms with Crippen molar-refractivity contribution in [3.05, 3.63) is 27.9 Å². The predicted octanol–water partition coefficient (Wildman–Crippen LogP) is 2.46. The van der Waals surface area contributed by atoms with Crippen molar-refractivity contribution in [2.24, 2.45) is 0 Å². The lowest BCUT2D eigenvalue weighted by Gasteiger charge is -2.15. The van der Waals surface area contributed by atoms with Crippen molar-refractivity contribution in [3.8, 4) is 6.07 Å². The van der Waals surface area contributed by atoms with Gasteiger partial charge in [-0.05, 0) is 12.8 Å². The summed E-state index contributed by atoms with van der Waals surface area (Å²) in [5.74, 6) is 0.409. The number of nitro groups is 1. The van der Waals surface area contributed by atoms with Crippen molar-refractivity contribution >= 4 is 11.5 Å². The van der Waals surface area contributed by atoms with Crippen LogP contribution in [0.1, 0.15) is 32.3 Å². The van der Waals surface area contributed by atoms with E-state index in [1.165, 1.54) is 6.07 Å². The van der Waals surface area contributed by atoms with E-state index in [4.69, 9.17) is 5.26 Å². The van der Waals surface area contributed by atoms with Gasteiger partial charge in [-0.3, -0.25) is 10.1 Å². The van der Waals surface area contributed by atoms with E-state index in [0.717, 1.165) is 19.0 Å². The molecule has 0 unspecified atom stereocenters. The molecule has 0 radical (unpaired) electrons. The number of hydrogen-bond donors (Lipinski definition) is 1. The van der Waals surface area contributed by atoms with Gasteiger partial charge in [0.1, 0.15) is 23.6 Å². The fourth-order valence-electron chi connectivity index (χ4n) is 1.44. The molecule has 0 spiro atoms. The Balaban J connectivity index is 3.01. The van der Waals surface area contributed by atoms with Gasteiger partial charge in [-0.1, -0.05) is 13.8 Å². The van der Waals surface area contributed by atoms with E-state index in [1.54, 1.807) is 0 Å². The van der Waals surface area contributed by atoms with Gasteiger partial charge in [-0.15, -0.1) is 0 Å². The zero-order chi connectivity index (χ0) is 12.8. The Morgan fingerprint density at radius 3 is 2.71 bits per heavy atom. The van der Waals surface area contributed by atoms with Gasteiger partial charge in [-0.2, -0.15) is 5.26 Å². The normalized spacial score (nSPS) is 10.0. The van der Waals surface area contributed by atoms with E-state index in [0.29, 0.717) is 5.82 Å². The lowest BCUT2D eigenvalue weighted by molar-refractivity contribution is -0.385. The summed E-state index contributed by atoms with van der Waals surface area (Å²) in [6.45, 7) is 4.05. The monoisotopic (exact) mass is 234 g/mol. The molecule has 6 nitrogen and oxygen atoms in total. The molecule has 1 rings (SSSR count). The molecule has 1 N–H and O–H groups in total. The van der Waals surface area contributed by atoms with Crippen molar-refractivity contribution in [2.75, 3.05) is 5.32 Å². The number of pyridine rings is 1. The van der Waals surface area contributed by atoms with Crippen LogP contribution in [0.3, 0.4) is 0 Å². The maximum absolute atomic E-state index is 10.6. The molecule has 90 valence electrons. The first-order chi connectivity index (χ1) is 8.12. The standard InChI is InChI=1S/C11H14N4O2/c1-3-9(4-2)14-11-8(6-12)5-10(7-13-11)15(16)17/h5,7,9H,3-4H2,1-2H3,(H,13,14). The van der Waals surface area contributed by atoms with E-state index in [-0.39, 0.29) is 17.3 Å². The van der Waals surface area contributed by atoms with Gasteiger partial charge in [-0.25, -0.2) is 4.98 Å². The van der Waals surface area contributed by atoms with Crippen LogP contribution in [0.25, 0.3) is 0 Å². The Morgan fingerprint density at radius 2 is 2.24 bits per heavy atom. The van der Waals surface area contributed by atoms with Gasteiger partial charge in [0.2, 0.25) is 0 Å². The predicted molar refractivity (Wildman–Crippen MR) is 63.6 cm³/mol. The molecule has 0 amide bonds. The quantitative estimate of drug-likeness (QED) is 0.624. The minimum Gasteiger partial charge on any atom is -0.366 e. The van der Waals surface area contributed by atoms with Crippen molar-refractivity contribution in [1.29, 1.82) is 5.26 Å². The lowest BCUT2D eigenvalue weighted by atomic mass is 10.1. The molecule has 0 aromatic carbocycles. The number of rotatable bonds is 5. The molecular weight excluding hydrogens is 220 g/mol. The van der Waals surface area contributed by atoms with Crippen LogP contribution in [0.4, 0.5) is 11.5 Å². The summed E-state index contributed by atoms with van der Waals surface area (Å²) < 4.78 is 0. The van der Waals surface area contributed by atoms with Gasteiger partial charge in [0.05, 0.1) is 4.92 Å². The van der Waals surface area contributed by atoms with Gasteiger partial charge in [0.15, 0.2) is 0 Å². The molecule has 1 aromatic heterocycles. The molecule has 0 atom stereocenters. The van der Waals surface area contributed by atoms with E-state index < -0.39 is 4.92 Å². The number of anilines is 1. The Morgan fingerprint density at radius 1 is 1.59 bits per heavy atom. The van der Waals surface area contributed by atoms with E-state index in [1.807, 2.05) is 19.9 Å². The Bertz CT molecular complexity index is 449. The SMILES string of the molecule is CCC(CC)Nc1ncc([N+](=O)[O-])cc1C#N. The number of nitrogens with one attached hydrogen (secondary N) is 1. The maximum Gasteiger partial charge on any atom is 0.289 e. The molecule has 6 heteroatoms. The molecule has 0 saturated carbocycles. The van der Waals surface area contributed by atoms with Crippen LogP contribution in [0.5, 0.6) is 0 Å². The molecular formula is C11H14N4O2. The second-order valence-electron chi connectivity index (χ2n) is 3.62. The highest BCUT2D eigenvalue weighted by molar-refractivity contribution is 5.55. The van der Waals surface area contributed by atoms with Crippen molar-refractivity contribution in [3.63, 3.8) is 0 Å². The van der Waals surface area contributed by atoms with Crippen LogP contribution in [0.2, 0.25) is 0 Å². The third kappa shape index (κ3) is 3.14. The lowest BCUT2D eigenvalue weighted by Crippen LogP contribution is -2.18. The maximum atomic E-state index is 10.6. The average Bonchev–Trinajstić information content (AvgIpc) is 2.35. The number of nitriles is 1. The Hall–Kier alpha value is -2.16. The molecule has 0 saturated heterocycles. The summed E-state index contributed by atoms with van der Waals surface area (Å²) in [7, 11) is 0. The average molecular weight is 234 g/mol. The number of nitrogens with zero attached hydrogens (tertiary/aromatic N) is 3. The van der Waals surface area contributed by atoms with Crippen LogP contribution in [-0.2, 0) is 0 Å². The summed E-state index contributed by atoms with van der Waals surface area (Å²) in [5.41, 5.74) is 0.0303. The first-order valence-corrected chi connectivity index (χ1v) is 5.43. The van der Waals surface area contributed by atoms with E-state index in [2.05, 4.69) is 10.3 Å². The molecule has 0 aliphatic carbocycles. The molecule has 1 heterocycles. The first-order valence-electron chi connectivity index (χ1n) is 5.43. The summed E-state index contributed by atoms with van der Waals surface area (Å²) >= 11 is 0. The molecule has 0 bridgehead atoms. The largest absolute Gasteiger partial charge is 0.366 e. The zero-order valence-electron chi connectivity index (χ0n) is 9.80. The van der Waals surface area contributed by atoms with Crippen LogP contribution in [0, 0.1) is 21.4 Å². The van der Waals surface area contributed by atoms with Crippen LogP contribution < -0.4 is 5.32 Å². The first kappa shape index (κ1) is 12.9. The summed E-state index contributed by atoms with van der Waals surface area (Å²) in [6.07, 6.45) is 2.96. The van der Waals surface area contributed by atoms with Crippen molar-refractivity contribution in [1.82, 2.24) is 4.98 Å². The van der Waals surface area contributed by atoms with Crippen LogP contribution in [0.15, 0.2) is 12.3 Å². The van der Waals surface area contributed by atoms with Crippen molar-refractivity contribution < 1.29 is 4.92 Å². The van der Waals surface area contributed by atoms with Gasteiger partial charge in [0.25, 0.3) is 5.69 Å². The van der Waals surface area contributed by atoms with Crippen LogP contribution in [-0.4, -0.2) is 15.9 Å². The molecule has 0 aliphatic heterocycles. The summed E-state index contributed by atoms with van der Waals surface area (Å²) in [5, 5.41) is 22.6. The highest BCUT2D eigenvalue weighted by Gasteiger charge is 2.13. The third-order valence-corrected chi connectivity index (χ3v) is 2.53. The second kappa shape index (κ2) is 5.80. The molecule has 1 aromatic rings. The van der Waals surface area contributed by atoms with E-state index in [9.17, 15) is 10.1 Å². The summed E-state index contributed by atoms with van der Waals surface area (Å²) in [6, 6.07) is 3.37. The van der Waals surface area contributed by atoms with Gasteiger partial charge in [0, 0.05) is 12.1 Å². The summed E-state index contributed by atoms with van der Waals surface area (Å²) in [4.78, 5) is 13.9. The fourth-order valence-corrected chi connectivity index (χ4v) is 1.44.